The highest BCUT2D eigenvalue weighted by Gasteiger charge is 2.20. The molecule has 1 N–H and O–H groups in total. The molecule has 5 nitrogen and oxygen atoms in total. The maximum Gasteiger partial charge on any atom is 0.474 e. The number of rotatable bonds is 4. The number of hydrogen-bond acceptors (Lipinski definition) is 4. The van der Waals surface area contributed by atoms with Crippen LogP contribution in [0.5, 0.6) is 0 Å². The highest BCUT2D eigenvalue weighted by Crippen LogP contribution is 2.41. The number of ether oxygens (including phenoxy) is 1. The summed E-state index contributed by atoms with van der Waals surface area (Å²) in [5.74, 6) is 0. The molecule has 0 bridgehead atoms. The Hall–Kier alpha value is 0.0700. The van der Waals surface area contributed by atoms with Crippen LogP contribution < -0.4 is 0 Å². The van der Waals surface area contributed by atoms with Crippen molar-refractivity contribution in [2.75, 3.05) is 13.9 Å². The average molecular weight is 198 g/mol. The normalized spacial score (nSPS) is 17.4. The minimum atomic E-state index is -3.88. The van der Waals surface area contributed by atoms with E-state index >= 15 is 0 Å². The topological polar surface area (TPSA) is 65.0 Å². The van der Waals surface area contributed by atoms with Gasteiger partial charge in [0.2, 0.25) is 0 Å². The Balaban J connectivity index is 3.65. The van der Waals surface area contributed by atoms with Crippen LogP contribution >= 0.6 is 7.82 Å². The van der Waals surface area contributed by atoms with Gasteiger partial charge in [-0.15, -0.1) is 0 Å². The van der Waals surface area contributed by atoms with Crippen LogP contribution in [0.1, 0.15) is 20.8 Å². The highest BCUT2D eigenvalue weighted by molar-refractivity contribution is 7.47. The van der Waals surface area contributed by atoms with Crippen LogP contribution in [0.15, 0.2) is 0 Å². The lowest BCUT2D eigenvalue weighted by Crippen LogP contribution is -2.20. The Bertz CT molecular complexity index is 173. The molecule has 0 saturated heterocycles. The smallest absolute Gasteiger partial charge is 0.349 e. The predicted octanol–water partition coefficient (Wildman–Crippen LogP) is 1.52. The van der Waals surface area contributed by atoms with Crippen LogP contribution in [0.3, 0.4) is 0 Å². The van der Waals surface area contributed by atoms with Crippen molar-refractivity contribution in [3.63, 3.8) is 0 Å². The third-order valence-electron chi connectivity index (χ3n) is 0.939. The fraction of sp³-hybridized carbons (Fsp3) is 1.00. The maximum absolute atomic E-state index is 10.7. The van der Waals surface area contributed by atoms with Crippen molar-refractivity contribution in [3.8, 4) is 0 Å². The first-order valence-electron chi connectivity index (χ1n) is 3.44. The van der Waals surface area contributed by atoms with Gasteiger partial charge in [-0.3, -0.25) is 9.05 Å². The number of phosphoric ester groups is 1. The summed E-state index contributed by atoms with van der Waals surface area (Å²) < 4.78 is 24.3. The molecule has 0 fully saturated rings. The zero-order valence-electron chi connectivity index (χ0n) is 7.73. The summed E-state index contributed by atoms with van der Waals surface area (Å²) in [6, 6.07) is 0. The van der Waals surface area contributed by atoms with Gasteiger partial charge in [0.05, 0.1) is 5.60 Å². The molecule has 0 saturated carbocycles. The van der Waals surface area contributed by atoms with Crippen LogP contribution in [-0.4, -0.2) is 24.4 Å². The van der Waals surface area contributed by atoms with E-state index in [0.29, 0.717) is 0 Å². The van der Waals surface area contributed by atoms with Crippen molar-refractivity contribution in [2.45, 2.75) is 26.4 Å². The molecule has 1 unspecified atom stereocenters. The van der Waals surface area contributed by atoms with Crippen molar-refractivity contribution >= 4 is 7.82 Å². The molecule has 0 radical (unpaired) electrons. The van der Waals surface area contributed by atoms with Crippen LogP contribution in [0.25, 0.3) is 0 Å². The number of hydrogen-bond donors (Lipinski definition) is 1. The van der Waals surface area contributed by atoms with Gasteiger partial charge in [0.25, 0.3) is 0 Å². The lowest BCUT2D eigenvalue weighted by atomic mass is 10.2. The molecule has 6 heteroatoms. The molecule has 0 aromatic carbocycles. The molecular formula is C6H15O5P. The highest BCUT2D eigenvalue weighted by atomic mass is 31.2. The van der Waals surface area contributed by atoms with Crippen molar-refractivity contribution < 1.29 is 23.2 Å². The Labute approximate surface area is 72.2 Å². The standard InChI is InChI=1S/C6H15O5P/c1-6(2,3)10-5-11-12(7,8)9-4/h5H2,1-4H3,(H,7,8). The second-order valence-corrected chi connectivity index (χ2v) is 4.72. The Kier molecular flexibility index (Phi) is 4.37. The first-order valence-corrected chi connectivity index (χ1v) is 4.93. The Morgan fingerprint density at radius 3 is 2.25 bits per heavy atom. The molecule has 0 aromatic heterocycles. The van der Waals surface area contributed by atoms with Crippen molar-refractivity contribution in [1.29, 1.82) is 0 Å². The summed E-state index contributed by atoms with van der Waals surface area (Å²) in [5, 5.41) is 0. The molecule has 0 aliphatic carbocycles. The van der Waals surface area contributed by atoms with Crippen LogP contribution in [0.4, 0.5) is 0 Å². The maximum atomic E-state index is 10.7. The fourth-order valence-electron chi connectivity index (χ4n) is 0.322. The van der Waals surface area contributed by atoms with Gasteiger partial charge in [0.1, 0.15) is 0 Å². The zero-order chi connectivity index (χ0) is 9.83. The summed E-state index contributed by atoms with van der Waals surface area (Å²) in [6.07, 6.45) is 0. The van der Waals surface area contributed by atoms with Crippen LogP contribution in [-0.2, 0) is 18.3 Å². The van der Waals surface area contributed by atoms with Crippen LogP contribution in [0, 0.1) is 0 Å². The molecule has 0 aromatic rings. The first kappa shape index (κ1) is 12.1. The Morgan fingerprint density at radius 1 is 1.42 bits per heavy atom. The van der Waals surface area contributed by atoms with E-state index in [1.807, 2.05) is 20.8 Å². The summed E-state index contributed by atoms with van der Waals surface area (Å²) >= 11 is 0. The molecule has 0 spiro atoms. The van der Waals surface area contributed by atoms with Gasteiger partial charge in [-0.2, -0.15) is 0 Å². The van der Waals surface area contributed by atoms with Gasteiger partial charge < -0.3 is 9.63 Å². The molecule has 74 valence electrons. The zero-order valence-corrected chi connectivity index (χ0v) is 8.63. The summed E-state index contributed by atoms with van der Waals surface area (Å²) in [4.78, 5) is 8.75. The monoisotopic (exact) mass is 198 g/mol. The molecule has 0 amide bonds. The van der Waals surface area contributed by atoms with Crippen LogP contribution in [0.2, 0.25) is 0 Å². The predicted molar refractivity (Wildman–Crippen MR) is 43.6 cm³/mol. The SMILES string of the molecule is COP(=O)(O)OCOC(C)(C)C. The van der Waals surface area contributed by atoms with E-state index in [2.05, 4.69) is 9.05 Å². The molecule has 0 heterocycles. The van der Waals surface area contributed by atoms with E-state index in [1.54, 1.807) is 0 Å². The largest absolute Gasteiger partial charge is 0.474 e. The number of phosphoric acid groups is 1. The molecule has 0 aliphatic heterocycles. The van der Waals surface area contributed by atoms with E-state index in [0.717, 1.165) is 7.11 Å². The van der Waals surface area contributed by atoms with Gasteiger partial charge in [-0.1, -0.05) is 0 Å². The van der Waals surface area contributed by atoms with E-state index in [-0.39, 0.29) is 6.79 Å². The van der Waals surface area contributed by atoms with Crippen molar-refractivity contribution in [3.05, 3.63) is 0 Å². The van der Waals surface area contributed by atoms with Gasteiger partial charge in [-0.05, 0) is 20.8 Å². The van der Waals surface area contributed by atoms with Gasteiger partial charge in [0.15, 0.2) is 6.79 Å². The third-order valence-corrected chi connectivity index (χ3v) is 1.83. The molecule has 0 aliphatic rings. The van der Waals surface area contributed by atoms with Gasteiger partial charge >= 0.3 is 7.82 Å². The minimum Gasteiger partial charge on any atom is -0.349 e. The van der Waals surface area contributed by atoms with Gasteiger partial charge in [0, 0.05) is 7.11 Å². The average Bonchev–Trinajstić information content (AvgIpc) is 1.84. The van der Waals surface area contributed by atoms with E-state index in [9.17, 15) is 4.57 Å². The van der Waals surface area contributed by atoms with Gasteiger partial charge in [-0.25, -0.2) is 4.57 Å². The minimum absolute atomic E-state index is 0.259. The first-order chi connectivity index (χ1) is 5.27. The summed E-state index contributed by atoms with van der Waals surface area (Å²) in [6.45, 7) is 5.17. The second-order valence-electron chi connectivity index (χ2n) is 3.15. The quantitative estimate of drug-likeness (QED) is 0.548. The second kappa shape index (κ2) is 4.35. The summed E-state index contributed by atoms with van der Waals surface area (Å²) in [7, 11) is -2.79. The van der Waals surface area contributed by atoms with Crippen molar-refractivity contribution in [2.24, 2.45) is 0 Å². The molecule has 0 rings (SSSR count). The van der Waals surface area contributed by atoms with Crippen molar-refractivity contribution in [1.82, 2.24) is 0 Å². The Morgan fingerprint density at radius 2 is 1.92 bits per heavy atom. The van der Waals surface area contributed by atoms with E-state index in [4.69, 9.17) is 9.63 Å². The van der Waals surface area contributed by atoms with E-state index < -0.39 is 13.4 Å². The molecule has 12 heavy (non-hydrogen) atoms. The lowest BCUT2D eigenvalue weighted by Gasteiger charge is -2.19. The van der Waals surface area contributed by atoms with E-state index in [1.165, 1.54) is 0 Å². The lowest BCUT2D eigenvalue weighted by molar-refractivity contribution is -0.0850. The molecular weight excluding hydrogens is 183 g/mol. The fourth-order valence-corrected chi connectivity index (χ4v) is 0.614. The summed E-state index contributed by atoms with van der Waals surface area (Å²) in [5.41, 5.74) is -0.395. The third kappa shape index (κ3) is 6.76. The molecule has 1 atom stereocenters.